The molecule has 0 bridgehead atoms. The molecule has 31 heavy (non-hydrogen) atoms. The molecule has 1 N–H and O–H groups in total. The first-order chi connectivity index (χ1) is 14.8. The molecule has 1 saturated heterocycles. The van der Waals surface area contributed by atoms with Crippen LogP contribution in [-0.2, 0) is 21.2 Å². The van der Waals surface area contributed by atoms with Crippen LogP contribution < -0.4 is 4.74 Å². The Balaban J connectivity index is 1.53. The minimum Gasteiger partial charge on any atom is -0.490 e. The van der Waals surface area contributed by atoms with Crippen LogP contribution in [0.1, 0.15) is 18.4 Å². The van der Waals surface area contributed by atoms with Gasteiger partial charge in [0.05, 0.1) is 11.3 Å². The van der Waals surface area contributed by atoms with Crippen molar-refractivity contribution in [2.75, 3.05) is 13.1 Å². The molecule has 0 saturated carbocycles. The van der Waals surface area contributed by atoms with Gasteiger partial charge in [-0.1, -0.05) is 30.3 Å². The van der Waals surface area contributed by atoms with E-state index in [0.29, 0.717) is 48.0 Å². The summed E-state index contributed by atoms with van der Waals surface area (Å²) in [6.07, 6.45) is 0.531. The molecule has 0 atom stereocenters. The Bertz CT molecular complexity index is 1210. The number of carbonyl (C=O) groups is 1. The molecule has 6 nitrogen and oxygen atoms in total. The number of halogens is 1. The lowest BCUT2D eigenvalue weighted by Gasteiger charge is -2.31. The zero-order valence-electron chi connectivity index (χ0n) is 16.7. The van der Waals surface area contributed by atoms with Gasteiger partial charge in [0.2, 0.25) is 10.0 Å². The van der Waals surface area contributed by atoms with Crippen LogP contribution in [0.25, 0.3) is 10.8 Å². The van der Waals surface area contributed by atoms with Crippen LogP contribution in [0, 0.1) is 5.82 Å². The predicted octanol–water partition coefficient (Wildman–Crippen LogP) is 3.84. The van der Waals surface area contributed by atoms with Gasteiger partial charge in [-0.05, 0) is 54.1 Å². The van der Waals surface area contributed by atoms with Crippen molar-refractivity contribution in [2.24, 2.45) is 0 Å². The number of carboxylic acid groups (broad SMARTS) is 1. The lowest BCUT2D eigenvalue weighted by molar-refractivity contribution is -0.136. The highest BCUT2D eigenvalue weighted by molar-refractivity contribution is 7.89. The number of hydrogen-bond donors (Lipinski definition) is 1. The normalized spacial score (nSPS) is 15.8. The fraction of sp³-hybridized carbons (Fsp3) is 0.261. The number of fused-ring (bicyclic) bond motifs is 1. The second-order valence-corrected chi connectivity index (χ2v) is 9.50. The minimum absolute atomic E-state index is 0.169. The van der Waals surface area contributed by atoms with Crippen LogP contribution in [0.2, 0.25) is 0 Å². The van der Waals surface area contributed by atoms with Gasteiger partial charge in [-0.2, -0.15) is 4.31 Å². The number of benzene rings is 3. The zero-order chi connectivity index (χ0) is 22.0. The highest BCUT2D eigenvalue weighted by atomic mass is 32.2. The molecule has 0 aliphatic carbocycles. The first-order valence-corrected chi connectivity index (χ1v) is 11.4. The first-order valence-electron chi connectivity index (χ1n) is 9.99. The summed E-state index contributed by atoms with van der Waals surface area (Å²) in [7, 11) is -3.56. The molecule has 0 unspecified atom stereocenters. The standard InChI is InChI=1S/C23H22FNO5S/c24-18-7-6-17-12-16(14-23(26)27)13-22(21(17)15-18)30-19-8-10-25(11-9-19)31(28,29)20-4-2-1-3-5-20/h1-7,12-13,15,19H,8-11,14H2,(H,26,27). The second-order valence-electron chi connectivity index (χ2n) is 7.56. The van der Waals surface area contributed by atoms with Gasteiger partial charge in [-0.3, -0.25) is 4.79 Å². The molecule has 1 aliphatic heterocycles. The van der Waals surface area contributed by atoms with Gasteiger partial charge >= 0.3 is 5.97 Å². The maximum atomic E-state index is 13.8. The van der Waals surface area contributed by atoms with E-state index in [4.69, 9.17) is 9.84 Å². The number of piperidine rings is 1. The fourth-order valence-corrected chi connectivity index (χ4v) is 5.33. The van der Waals surface area contributed by atoms with Crippen molar-refractivity contribution in [1.29, 1.82) is 0 Å². The van der Waals surface area contributed by atoms with E-state index in [0.717, 1.165) is 0 Å². The van der Waals surface area contributed by atoms with E-state index in [2.05, 4.69) is 0 Å². The third kappa shape index (κ3) is 4.70. The van der Waals surface area contributed by atoms with Gasteiger partial charge in [0.1, 0.15) is 17.7 Å². The second kappa shape index (κ2) is 8.64. The number of hydrogen-bond acceptors (Lipinski definition) is 4. The molecule has 8 heteroatoms. The molecule has 1 heterocycles. The minimum atomic E-state index is -3.56. The molecule has 3 aromatic rings. The van der Waals surface area contributed by atoms with Crippen molar-refractivity contribution in [3.8, 4) is 5.75 Å². The fourth-order valence-electron chi connectivity index (χ4n) is 3.84. The Morgan fingerprint density at radius 3 is 2.45 bits per heavy atom. The van der Waals surface area contributed by atoms with Crippen LogP contribution in [0.15, 0.2) is 65.6 Å². The zero-order valence-corrected chi connectivity index (χ0v) is 17.5. The van der Waals surface area contributed by atoms with Crippen molar-refractivity contribution in [3.05, 3.63) is 72.0 Å². The molecule has 3 aromatic carbocycles. The maximum Gasteiger partial charge on any atom is 0.307 e. The van der Waals surface area contributed by atoms with Gasteiger partial charge in [-0.25, -0.2) is 12.8 Å². The van der Waals surface area contributed by atoms with Gasteiger partial charge in [-0.15, -0.1) is 0 Å². The molecule has 0 spiro atoms. The average molecular weight is 443 g/mol. The van der Waals surface area contributed by atoms with E-state index in [1.807, 2.05) is 0 Å². The highest BCUT2D eigenvalue weighted by Crippen LogP contribution is 2.32. The van der Waals surface area contributed by atoms with Crippen LogP contribution >= 0.6 is 0 Å². The number of nitrogens with zero attached hydrogens (tertiary/aromatic N) is 1. The number of sulfonamides is 1. The summed E-state index contributed by atoms with van der Waals surface area (Å²) >= 11 is 0. The molecule has 0 aromatic heterocycles. The summed E-state index contributed by atoms with van der Waals surface area (Å²) in [4.78, 5) is 11.4. The highest BCUT2D eigenvalue weighted by Gasteiger charge is 2.30. The quantitative estimate of drug-likeness (QED) is 0.626. The summed E-state index contributed by atoms with van der Waals surface area (Å²) in [6, 6.07) is 15.9. The largest absolute Gasteiger partial charge is 0.490 e. The van der Waals surface area contributed by atoms with Crippen LogP contribution in [0.4, 0.5) is 4.39 Å². The molecular formula is C23H22FNO5S. The summed E-state index contributed by atoms with van der Waals surface area (Å²) < 4.78 is 47.0. The van der Waals surface area contributed by atoms with Crippen LogP contribution in [-0.4, -0.2) is 43.0 Å². The van der Waals surface area contributed by atoms with Crippen molar-refractivity contribution < 1.29 is 27.4 Å². The third-order valence-corrected chi connectivity index (χ3v) is 7.28. The molecule has 0 radical (unpaired) electrons. The van der Waals surface area contributed by atoms with Gasteiger partial charge in [0, 0.05) is 18.5 Å². The molecule has 0 amide bonds. The van der Waals surface area contributed by atoms with Gasteiger partial charge in [0.15, 0.2) is 0 Å². The van der Waals surface area contributed by atoms with Gasteiger partial charge < -0.3 is 9.84 Å². The summed E-state index contributed by atoms with van der Waals surface area (Å²) in [5.41, 5.74) is 0.561. The summed E-state index contributed by atoms with van der Waals surface area (Å²) in [5, 5.41) is 10.4. The molecule has 4 rings (SSSR count). The van der Waals surface area contributed by atoms with Crippen LogP contribution in [0.5, 0.6) is 5.75 Å². The number of carboxylic acids is 1. The first kappa shape index (κ1) is 21.3. The van der Waals surface area contributed by atoms with E-state index < -0.39 is 21.8 Å². The molecule has 162 valence electrons. The SMILES string of the molecule is O=C(O)Cc1cc(OC2CCN(S(=O)(=O)c3ccccc3)CC2)c2cc(F)ccc2c1. The lowest BCUT2D eigenvalue weighted by atomic mass is 10.0. The summed E-state index contributed by atoms with van der Waals surface area (Å²) in [5.74, 6) is -0.962. The lowest BCUT2D eigenvalue weighted by Crippen LogP contribution is -2.41. The van der Waals surface area contributed by atoms with E-state index in [-0.39, 0.29) is 17.4 Å². The van der Waals surface area contributed by atoms with E-state index >= 15 is 0 Å². The van der Waals surface area contributed by atoms with E-state index in [1.54, 1.807) is 48.5 Å². The molecule has 1 aliphatic rings. The molecular weight excluding hydrogens is 421 g/mol. The van der Waals surface area contributed by atoms with Crippen LogP contribution in [0.3, 0.4) is 0 Å². The van der Waals surface area contributed by atoms with Crippen molar-refractivity contribution in [3.63, 3.8) is 0 Å². The number of ether oxygens (including phenoxy) is 1. The Morgan fingerprint density at radius 1 is 1.06 bits per heavy atom. The smallest absolute Gasteiger partial charge is 0.307 e. The van der Waals surface area contributed by atoms with E-state index in [1.165, 1.54) is 16.4 Å². The Labute approximate surface area is 179 Å². The topological polar surface area (TPSA) is 83.9 Å². The van der Waals surface area contributed by atoms with E-state index in [9.17, 15) is 17.6 Å². The van der Waals surface area contributed by atoms with Crippen molar-refractivity contribution in [1.82, 2.24) is 4.31 Å². The number of aliphatic carboxylic acids is 1. The van der Waals surface area contributed by atoms with Gasteiger partial charge in [0.25, 0.3) is 0 Å². The Kier molecular flexibility index (Phi) is 5.93. The average Bonchev–Trinajstić information content (AvgIpc) is 2.75. The maximum absolute atomic E-state index is 13.8. The summed E-state index contributed by atoms with van der Waals surface area (Å²) in [6.45, 7) is 0.617. The molecule has 1 fully saturated rings. The van der Waals surface area contributed by atoms with Crippen molar-refractivity contribution >= 4 is 26.8 Å². The monoisotopic (exact) mass is 443 g/mol. The third-order valence-electron chi connectivity index (χ3n) is 5.37. The number of rotatable bonds is 6. The Hall–Kier alpha value is -2.97. The Morgan fingerprint density at radius 2 is 1.77 bits per heavy atom. The predicted molar refractivity (Wildman–Crippen MR) is 114 cm³/mol. The van der Waals surface area contributed by atoms with Crippen molar-refractivity contribution in [2.45, 2.75) is 30.3 Å².